The maximum atomic E-state index is 12.2. The second-order valence-electron chi connectivity index (χ2n) is 9.59. The van der Waals surface area contributed by atoms with Gasteiger partial charge in [-0.25, -0.2) is 9.59 Å². The van der Waals surface area contributed by atoms with Crippen molar-refractivity contribution in [3.63, 3.8) is 0 Å². The number of aliphatic hydroxyl groups is 3. The average Bonchev–Trinajstić information content (AvgIpc) is 2.73. The molecule has 1 aliphatic heterocycles. The van der Waals surface area contributed by atoms with E-state index < -0.39 is 42.6 Å². The van der Waals surface area contributed by atoms with Gasteiger partial charge in [-0.15, -0.1) is 0 Å². The number of hydrogen-bond donors (Lipinski definition) is 4. The van der Waals surface area contributed by atoms with E-state index in [0.29, 0.717) is 5.57 Å². The average molecular weight is 477 g/mol. The molecule has 1 aliphatic carbocycles. The van der Waals surface area contributed by atoms with E-state index in [4.69, 9.17) is 14.6 Å². The van der Waals surface area contributed by atoms with Crippen molar-refractivity contribution in [2.45, 2.75) is 84.6 Å². The van der Waals surface area contributed by atoms with Crippen molar-refractivity contribution < 1.29 is 39.5 Å². The van der Waals surface area contributed by atoms with E-state index in [2.05, 4.69) is 32.9 Å². The number of hydrogen-bond acceptors (Lipinski definition) is 7. The van der Waals surface area contributed by atoms with E-state index in [9.17, 15) is 24.9 Å². The third-order valence-corrected chi connectivity index (χ3v) is 6.16. The topological polar surface area (TPSA) is 134 Å². The van der Waals surface area contributed by atoms with E-state index in [1.54, 1.807) is 19.1 Å². The maximum Gasteiger partial charge on any atom is 0.335 e. The maximum absolute atomic E-state index is 12.2. The molecule has 1 heterocycles. The number of carbonyl (C=O) groups excluding carboxylic acids is 1. The zero-order valence-corrected chi connectivity index (χ0v) is 20.4. The monoisotopic (exact) mass is 476 g/mol. The number of carboxylic acid groups (broad SMARTS) is 1. The van der Waals surface area contributed by atoms with Gasteiger partial charge in [0.15, 0.2) is 6.10 Å². The van der Waals surface area contributed by atoms with E-state index >= 15 is 0 Å². The Balaban J connectivity index is 1.98. The van der Waals surface area contributed by atoms with Crippen LogP contribution in [0.3, 0.4) is 0 Å². The predicted octanol–water partition coefficient (Wildman–Crippen LogP) is 2.95. The van der Waals surface area contributed by atoms with Gasteiger partial charge in [-0.05, 0) is 56.6 Å². The fourth-order valence-corrected chi connectivity index (χ4v) is 4.16. The highest BCUT2D eigenvalue weighted by Crippen LogP contribution is 2.40. The Kier molecular flexibility index (Phi) is 9.58. The molecule has 0 bridgehead atoms. The Bertz CT molecular complexity index is 921. The van der Waals surface area contributed by atoms with Gasteiger partial charge in [0.2, 0.25) is 6.29 Å². The van der Waals surface area contributed by atoms with E-state index in [0.717, 1.165) is 18.1 Å². The van der Waals surface area contributed by atoms with E-state index in [-0.39, 0.29) is 5.41 Å². The molecule has 0 aromatic rings. The van der Waals surface area contributed by atoms with E-state index in [1.165, 1.54) is 24.0 Å². The number of carboxylic acids is 1. The number of ether oxygens (including phenoxy) is 2. The molecule has 8 nitrogen and oxygen atoms in total. The molecule has 3 unspecified atom stereocenters. The molecule has 2 aliphatic rings. The third kappa shape index (κ3) is 7.24. The highest BCUT2D eigenvalue weighted by molar-refractivity contribution is 5.83. The van der Waals surface area contributed by atoms with E-state index in [1.807, 2.05) is 13.0 Å². The smallest absolute Gasteiger partial charge is 0.335 e. The number of allylic oxidation sites excluding steroid dienone is 9. The fourth-order valence-electron chi connectivity index (χ4n) is 4.16. The van der Waals surface area contributed by atoms with Crippen molar-refractivity contribution in [1.29, 1.82) is 0 Å². The molecule has 0 aromatic heterocycles. The Morgan fingerprint density at radius 3 is 2.35 bits per heavy atom. The first-order chi connectivity index (χ1) is 15.8. The Labute approximate surface area is 200 Å². The molecule has 4 N–H and O–H groups in total. The first-order valence-corrected chi connectivity index (χ1v) is 11.4. The van der Waals surface area contributed by atoms with Crippen molar-refractivity contribution in [3.8, 4) is 0 Å². The lowest BCUT2D eigenvalue weighted by Gasteiger charge is -2.37. The van der Waals surface area contributed by atoms with Gasteiger partial charge in [-0.1, -0.05) is 55.4 Å². The second-order valence-corrected chi connectivity index (χ2v) is 9.59. The molecule has 0 amide bonds. The van der Waals surface area contributed by atoms with Gasteiger partial charge < -0.3 is 29.9 Å². The summed E-state index contributed by atoms with van der Waals surface area (Å²) >= 11 is 0. The minimum Gasteiger partial charge on any atom is -0.479 e. The van der Waals surface area contributed by atoms with Crippen molar-refractivity contribution in [2.24, 2.45) is 5.41 Å². The van der Waals surface area contributed by atoms with Crippen molar-refractivity contribution in [3.05, 3.63) is 58.7 Å². The van der Waals surface area contributed by atoms with Gasteiger partial charge in [-0.3, -0.25) is 0 Å². The minimum atomic E-state index is -1.85. The third-order valence-electron chi connectivity index (χ3n) is 6.16. The summed E-state index contributed by atoms with van der Waals surface area (Å²) in [5.41, 5.74) is 4.56. The largest absolute Gasteiger partial charge is 0.479 e. The number of aliphatic hydroxyl groups excluding tert-OH is 3. The molecule has 0 saturated carbocycles. The van der Waals surface area contributed by atoms with Crippen molar-refractivity contribution >= 4 is 11.9 Å². The molecule has 0 radical (unpaired) electrons. The molecule has 0 spiro atoms. The Hall–Kier alpha value is -2.52. The molecular weight excluding hydrogens is 440 g/mol. The van der Waals surface area contributed by atoms with Gasteiger partial charge in [0.1, 0.15) is 18.3 Å². The van der Waals surface area contributed by atoms with Crippen molar-refractivity contribution in [1.82, 2.24) is 0 Å². The van der Waals surface area contributed by atoms with Crippen LogP contribution in [-0.4, -0.2) is 63.1 Å². The number of carbonyl (C=O) groups is 2. The van der Waals surface area contributed by atoms with Crippen LogP contribution in [0.15, 0.2) is 58.7 Å². The summed E-state index contributed by atoms with van der Waals surface area (Å²) in [6.07, 6.45) is 5.29. The molecule has 1 fully saturated rings. The second kappa shape index (κ2) is 11.8. The summed E-state index contributed by atoms with van der Waals surface area (Å²) < 4.78 is 9.88. The fraction of sp³-hybridized carbons (Fsp3) is 0.538. The van der Waals surface area contributed by atoms with Crippen LogP contribution in [-0.2, 0) is 19.1 Å². The van der Waals surface area contributed by atoms with Crippen LogP contribution in [0.4, 0.5) is 0 Å². The molecule has 5 atom stereocenters. The van der Waals surface area contributed by atoms with Crippen LogP contribution in [0.2, 0.25) is 0 Å². The first kappa shape index (κ1) is 27.7. The zero-order chi connectivity index (χ0) is 25.6. The molecule has 0 aromatic carbocycles. The number of esters is 1. The summed E-state index contributed by atoms with van der Waals surface area (Å²) in [5.74, 6) is -2.44. The normalized spacial score (nSPS) is 30.8. The standard InChI is InChI=1S/C26H36O8/c1-15(11-12-18-17(3)10-7-13-26(18,4)5)8-6-9-16(2)14-19(27)33-25-22(30)20(28)21(29)23(34-25)24(31)32/h6,8-9,11-12,14,20-23,25,28-30H,7,10,13H2,1-5H3,(H,31,32)/t20?,21?,22-,23-,25?/m0/s1. The molecule has 1 saturated heterocycles. The van der Waals surface area contributed by atoms with Crippen molar-refractivity contribution in [2.75, 3.05) is 0 Å². The molecule has 34 heavy (non-hydrogen) atoms. The zero-order valence-electron chi connectivity index (χ0n) is 20.4. The van der Waals surface area contributed by atoms with Crippen LogP contribution in [0, 0.1) is 5.41 Å². The lowest BCUT2D eigenvalue weighted by Crippen LogP contribution is -2.60. The predicted molar refractivity (Wildman–Crippen MR) is 127 cm³/mol. The van der Waals surface area contributed by atoms with Gasteiger partial charge in [0.25, 0.3) is 0 Å². The molecular formula is C26H36O8. The van der Waals surface area contributed by atoms with Crippen LogP contribution in [0.1, 0.15) is 53.9 Å². The van der Waals surface area contributed by atoms with Crippen LogP contribution < -0.4 is 0 Å². The summed E-state index contributed by atoms with van der Waals surface area (Å²) in [7, 11) is 0. The number of rotatable bonds is 7. The molecule has 2 rings (SSSR count). The Morgan fingerprint density at radius 1 is 1.06 bits per heavy atom. The first-order valence-electron chi connectivity index (χ1n) is 11.4. The highest BCUT2D eigenvalue weighted by atomic mass is 16.7. The van der Waals surface area contributed by atoms with Crippen LogP contribution in [0.25, 0.3) is 0 Å². The SMILES string of the molecule is CC(C=CC1=C(C)CCCC1(C)C)=CC=CC(C)=CC(=O)OC1O[C@H](C(=O)O)C(O)C(O)[C@@H]1O. The summed E-state index contributed by atoms with van der Waals surface area (Å²) in [4.78, 5) is 23.3. The lowest BCUT2D eigenvalue weighted by atomic mass is 9.72. The van der Waals surface area contributed by atoms with Gasteiger partial charge >= 0.3 is 11.9 Å². The summed E-state index contributed by atoms with van der Waals surface area (Å²) in [5, 5.41) is 38.5. The Morgan fingerprint density at radius 2 is 1.74 bits per heavy atom. The minimum absolute atomic E-state index is 0.170. The molecule has 188 valence electrons. The van der Waals surface area contributed by atoms with Gasteiger partial charge in [-0.2, -0.15) is 0 Å². The highest BCUT2D eigenvalue weighted by Gasteiger charge is 2.48. The van der Waals surface area contributed by atoms with Crippen LogP contribution in [0.5, 0.6) is 0 Å². The summed E-state index contributed by atoms with van der Waals surface area (Å²) in [6, 6.07) is 0. The lowest BCUT2D eigenvalue weighted by molar-refractivity contribution is -0.284. The molecule has 8 heteroatoms. The van der Waals surface area contributed by atoms with Gasteiger partial charge in [0, 0.05) is 6.08 Å². The quantitative estimate of drug-likeness (QED) is 0.250. The van der Waals surface area contributed by atoms with Crippen LogP contribution >= 0.6 is 0 Å². The summed E-state index contributed by atoms with van der Waals surface area (Å²) in [6.45, 7) is 10.4. The van der Waals surface area contributed by atoms with Gasteiger partial charge in [0.05, 0.1) is 0 Å². The number of aliphatic carboxylic acids is 1.